The van der Waals surface area contributed by atoms with Gasteiger partial charge in [0.05, 0.1) is 19.4 Å². The number of methoxy groups -OCH3 is 1. The maximum atomic E-state index is 5.82. The lowest BCUT2D eigenvalue weighted by atomic mass is 10.2. The van der Waals surface area contributed by atoms with Gasteiger partial charge in [-0.3, -0.25) is 0 Å². The van der Waals surface area contributed by atoms with Gasteiger partial charge in [-0.15, -0.1) is 11.3 Å². The van der Waals surface area contributed by atoms with Gasteiger partial charge in [0.15, 0.2) is 5.13 Å². The molecule has 4 nitrogen and oxygen atoms in total. The number of nitrogens with zero attached hydrogens (tertiary/aromatic N) is 1. The van der Waals surface area contributed by atoms with Gasteiger partial charge in [-0.05, 0) is 55.0 Å². The molecular formula is C23H28N2O2S. The van der Waals surface area contributed by atoms with Crippen LogP contribution >= 0.6 is 11.3 Å². The van der Waals surface area contributed by atoms with Gasteiger partial charge in [0.25, 0.3) is 0 Å². The topological polar surface area (TPSA) is 43.4 Å². The molecule has 0 bridgehead atoms. The molecule has 0 spiro atoms. The number of rotatable bonds is 11. The van der Waals surface area contributed by atoms with E-state index in [1.807, 2.05) is 48.5 Å². The summed E-state index contributed by atoms with van der Waals surface area (Å²) in [4.78, 5) is 4.67. The zero-order valence-corrected chi connectivity index (χ0v) is 17.4. The number of benzene rings is 2. The predicted molar refractivity (Wildman–Crippen MR) is 118 cm³/mol. The lowest BCUT2D eigenvalue weighted by Gasteiger charge is -2.07. The molecule has 0 saturated heterocycles. The number of anilines is 2. The van der Waals surface area contributed by atoms with Gasteiger partial charge in [0.1, 0.15) is 11.5 Å². The van der Waals surface area contributed by atoms with Crippen molar-refractivity contribution in [2.75, 3.05) is 19.0 Å². The summed E-state index contributed by atoms with van der Waals surface area (Å²) >= 11 is 1.59. The summed E-state index contributed by atoms with van der Waals surface area (Å²) in [6, 6.07) is 16.0. The van der Waals surface area contributed by atoms with Crippen molar-refractivity contribution >= 4 is 22.2 Å². The highest BCUT2D eigenvalue weighted by molar-refractivity contribution is 7.14. The molecule has 148 valence electrons. The van der Waals surface area contributed by atoms with Crippen LogP contribution in [0, 0.1) is 0 Å². The number of unbranched alkanes of at least 4 members (excludes halogenated alkanes) is 4. The van der Waals surface area contributed by atoms with E-state index in [4.69, 9.17) is 9.47 Å². The Kier molecular flexibility index (Phi) is 7.73. The number of hydrogen-bond acceptors (Lipinski definition) is 5. The fraction of sp³-hybridized carbons (Fsp3) is 0.348. The van der Waals surface area contributed by atoms with E-state index >= 15 is 0 Å². The average Bonchev–Trinajstić information content (AvgIpc) is 3.20. The van der Waals surface area contributed by atoms with Crippen molar-refractivity contribution in [3.63, 3.8) is 0 Å². The lowest BCUT2D eigenvalue weighted by Crippen LogP contribution is -1.97. The first kappa shape index (κ1) is 20.2. The maximum absolute atomic E-state index is 5.82. The van der Waals surface area contributed by atoms with Crippen molar-refractivity contribution in [3.8, 4) is 22.8 Å². The summed E-state index contributed by atoms with van der Waals surface area (Å²) in [5.74, 6) is 1.76. The third-order valence-electron chi connectivity index (χ3n) is 4.51. The zero-order chi connectivity index (χ0) is 19.6. The van der Waals surface area contributed by atoms with E-state index in [-0.39, 0.29) is 0 Å². The quantitative estimate of drug-likeness (QED) is 0.358. The fourth-order valence-corrected chi connectivity index (χ4v) is 3.62. The largest absolute Gasteiger partial charge is 0.497 e. The molecule has 3 aromatic rings. The van der Waals surface area contributed by atoms with Crippen molar-refractivity contribution in [2.24, 2.45) is 0 Å². The van der Waals surface area contributed by atoms with Gasteiger partial charge in [-0.1, -0.05) is 32.6 Å². The minimum Gasteiger partial charge on any atom is -0.497 e. The van der Waals surface area contributed by atoms with Crippen LogP contribution in [-0.2, 0) is 0 Å². The average molecular weight is 397 g/mol. The van der Waals surface area contributed by atoms with E-state index in [1.54, 1.807) is 18.4 Å². The predicted octanol–water partition coefficient (Wildman–Crippen LogP) is 6.91. The number of aromatic nitrogens is 1. The number of thiazole rings is 1. The molecule has 0 amide bonds. The van der Waals surface area contributed by atoms with E-state index in [1.165, 1.54) is 25.7 Å². The standard InChI is InChI=1S/C23H28N2O2S/c1-3-4-5-6-7-16-27-21-14-10-19(11-15-21)24-23-25-22(17-28-23)18-8-12-20(26-2)13-9-18/h8-15,17H,3-7,16H2,1-2H3,(H,24,25). The summed E-state index contributed by atoms with van der Waals surface area (Å²) in [5.41, 5.74) is 3.04. The van der Waals surface area contributed by atoms with Crippen LogP contribution in [0.2, 0.25) is 0 Å². The van der Waals surface area contributed by atoms with Crippen LogP contribution in [0.25, 0.3) is 11.3 Å². The molecule has 0 aliphatic heterocycles. The maximum Gasteiger partial charge on any atom is 0.187 e. The Morgan fingerprint density at radius 3 is 2.32 bits per heavy atom. The molecule has 1 heterocycles. The van der Waals surface area contributed by atoms with Gasteiger partial charge in [0.2, 0.25) is 0 Å². The van der Waals surface area contributed by atoms with Crippen LogP contribution in [0.1, 0.15) is 39.0 Å². The summed E-state index contributed by atoms with van der Waals surface area (Å²) < 4.78 is 11.0. The second-order valence-electron chi connectivity index (χ2n) is 6.68. The second kappa shape index (κ2) is 10.7. The molecule has 0 aliphatic carbocycles. The van der Waals surface area contributed by atoms with E-state index < -0.39 is 0 Å². The fourth-order valence-electron chi connectivity index (χ4n) is 2.88. The SMILES string of the molecule is CCCCCCCOc1ccc(Nc2nc(-c3ccc(OC)cc3)cs2)cc1. The first-order valence-corrected chi connectivity index (χ1v) is 10.8. The molecule has 28 heavy (non-hydrogen) atoms. The summed E-state index contributed by atoms with van der Waals surface area (Å²) in [6.45, 7) is 3.02. The molecule has 0 saturated carbocycles. The van der Waals surface area contributed by atoms with Crippen LogP contribution in [0.3, 0.4) is 0 Å². The minimum atomic E-state index is 0.786. The minimum absolute atomic E-state index is 0.786. The number of hydrogen-bond donors (Lipinski definition) is 1. The summed E-state index contributed by atoms with van der Waals surface area (Å²) in [6.07, 6.45) is 6.25. The van der Waals surface area contributed by atoms with Gasteiger partial charge in [0, 0.05) is 16.6 Å². The lowest BCUT2D eigenvalue weighted by molar-refractivity contribution is 0.304. The smallest absolute Gasteiger partial charge is 0.187 e. The third-order valence-corrected chi connectivity index (χ3v) is 5.27. The van der Waals surface area contributed by atoms with Crippen molar-refractivity contribution < 1.29 is 9.47 Å². The van der Waals surface area contributed by atoms with Crippen LogP contribution in [0.5, 0.6) is 11.5 Å². The Morgan fingerprint density at radius 2 is 1.61 bits per heavy atom. The summed E-state index contributed by atoms with van der Waals surface area (Å²) in [7, 11) is 1.67. The molecule has 3 rings (SSSR count). The van der Waals surface area contributed by atoms with Crippen molar-refractivity contribution in [1.82, 2.24) is 4.98 Å². The normalized spacial score (nSPS) is 10.6. The highest BCUT2D eigenvalue weighted by atomic mass is 32.1. The van der Waals surface area contributed by atoms with E-state index in [2.05, 4.69) is 22.6 Å². The number of nitrogens with one attached hydrogen (secondary N) is 1. The van der Waals surface area contributed by atoms with Crippen LogP contribution in [-0.4, -0.2) is 18.7 Å². The van der Waals surface area contributed by atoms with Gasteiger partial charge >= 0.3 is 0 Å². The van der Waals surface area contributed by atoms with Crippen molar-refractivity contribution in [2.45, 2.75) is 39.0 Å². The van der Waals surface area contributed by atoms with Gasteiger partial charge in [-0.2, -0.15) is 0 Å². The van der Waals surface area contributed by atoms with E-state index in [0.717, 1.165) is 46.6 Å². The monoisotopic (exact) mass is 396 g/mol. The molecule has 2 aromatic carbocycles. The molecule has 1 N–H and O–H groups in total. The summed E-state index contributed by atoms with van der Waals surface area (Å²) in [5, 5.41) is 6.29. The first-order chi connectivity index (χ1) is 13.8. The highest BCUT2D eigenvalue weighted by Gasteiger charge is 2.05. The third kappa shape index (κ3) is 5.99. The first-order valence-electron chi connectivity index (χ1n) is 9.88. The molecular weight excluding hydrogens is 368 g/mol. The molecule has 0 atom stereocenters. The molecule has 0 unspecified atom stereocenters. The molecule has 0 aliphatic rings. The van der Waals surface area contributed by atoms with Crippen LogP contribution < -0.4 is 14.8 Å². The zero-order valence-electron chi connectivity index (χ0n) is 16.6. The molecule has 0 radical (unpaired) electrons. The molecule has 1 aromatic heterocycles. The highest BCUT2D eigenvalue weighted by Crippen LogP contribution is 2.28. The second-order valence-corrected chi connectivity index (χ2v) is 7.54. The Hall–Kier alpha value is -2.53. The number of ether oxygens (including phenoxy) is 2. The Balaban J connectivity index is 1.49. The Morgan fingerprint density at radius 1 is 0.893 bits per heavy atom. The molecule has 5 heteroatoms. The van der Waals surface area contributed by atoms with E-state index in [9.17, 15) is 0 Å². The van der Waals surface area contributed by atoms with Gasteiger partial charge in [-0.25, -0.2) is 4.98 Å². The van der Waals surface area contributed by atoms with Crippen molar-refractivity contribution in [3.05, 3.63) is 53.9 Å². The molecule has 0 fully saturated rings. The Bertz CT molecular complexity index is 829. The van der Waals surface area contributed by atoms with E-state index in [0.29, 0.717) is 0 Å². The van der Waals surface area contributed by atoms with Crippen LogP contribution in [0.4, 0.5) is 10.8 Å². The van der Waals surface area contributed by atoms with Crippen molar-refractivity contribution in [1.29, 1.82) is 0 Å². The van der Waals surface area contributed by atoms with Gasteiger partial charge < -0.3 is 14.8 Å². The van der Waals surface area contributed by atoms with Crippen LogP contribution in [0.15, 0.2) is 53.9 Å². The Labute approximate surface area is 171 Å².